The number of hydrogen-bond acceptors (Lipinski definition) is 5. The van der Waals surface area contributed by atoms with Crippen molar-refractivity contribution in [3.8, 4) is 5.75 Å². The van der Waals surface area contributed by atoms with Crippen molar-refractivity contribution >= 4 is 34.6 Å². The summed E-state index contributed by atoms with van der Waals surface area (Å²) in [5.74, 6) is 0.407. The molecule has 0 fully saturated rings. The normalized spacial score (nSPS) is 14.0. The van der Waals surface area contributed by atoms with Crippen molar-refractivity contribution < 1.29 is 14.3 Å². The number of amides is 3. The van der Waals surface area contributed by atoms with Crippen molar-refractivity contribution in [2.24, 2.45) is 0 Å². The van der Waals surface area contributed by atoms with Crippen LogP contribution in [0.2, 0.25) is 0 Å². The summed E-state index contributed by atoms with van der Waals surface area (Å²) >= 11 is 0. The van der Waals surface area contributed by atoms with Crippen LogP contribution in [0.5, 0.6) is 5.75 Å². The van der Waals surface area contributed by atoms with Gasteiger partial charge in [0.05, 0.1) is 17.0 Å². The van der Waals surface area contributed by atoms with Gasteiger partial charge < -0.3 is 20.3 Å². The van der Waals surface area contributed by atoms with E-state index in [1.165, 1.54) is 11.9 Å². The first-order valence-electron chi connectivity index (χ1n) is 12.1. The van der Waals surface area contributed by atoms with Crippen molar-refractivity contribution in [2.45, 2.75) is 13.3 Å². The maximum absolute atomic E-state index is 13.7. The number of benzene rings is 3. The third kappa shape index (κ3) is 5.26. The third-order valence-corrected chi connectivity index (χ3v) is 6.06. The first-order chi connectivity index (χ1) is 17.4. The maximum Gasteiger partial charge on any atom is 0.328 e. The highest BCUT2D eigenvalue weighted by molar-refractivity contribution is 6.43. The van der Waals surface area contributed by atoms with Crippen molar-refractivity contribution in [1.29, 1.82) is 0 Å². The number of rotatable bonds is 8. The molecule has 3 aromatic carbocycles. The predicted molar refractivity (Wildman–Crippen MR) is 145 cm³/mol. The number of aryl methyl sites for hydroxylation is 1. The summed E-state index contributed by atoms with van der Waals surface area (Å²) in [6.45, 7) is 3.47. The molecule has 0 spiro atoms. The first-order valence-corrected chi connectivity index (χ1v) is 12.1. The van der Waals surface area contributed by atoms with Crippen LogP contribution in [0, 0.1) is 0 Å². The van der Waals surface area contributed by atoms with Crippen LogP contribution in [-0.4, -0.2) is 51.1 Å². The fourth-order valence-corrected chi connectivity index (χ4v) is 4.09. The van der Waals surface area contributed by atoms with Crippen molar-refractivity contribution in [3.63, 3.8) is 0 Å². The molecule has 36 heavy (non-hydrogen) atoms. The number of imide groups is 1. The van der Waals surface area contributed by atoms with Crippen LogP contribution in [0.25, 0.3) is 11.3 Å². The Hall–Kier alpha value is -4.10. The highest BCUT2D eigenvalue weighted by atomic mass is 16.5. The Balaban J connectivity index is 1.77. The van der Waals surface area contributed by atoms with Gasteiger partial charge >= 0.3 is 6.03 Å². The van der Waals surface area contributed by atoms with Crippen molar-refractivity contribution in [2.75, 3.05) is 44.5 Å². The molecule has 3 aromatic rings. The van der Waals surface area contributed by atoms with Crippen LogP contribution in [0.3, 0.4) is 0 Å². The molecule has 7 heteroatoms. The number of hydrogen-bond donors (Lipinski definition) is 2. The van der Waals surface area contributed by atoms with E-state index in [9.17, 15) is 9.59 Å². The smallest absolute Gasteiger partial charge is 0.328 e. The number of likely N-dealkylation sites (N-methyl/N-ethyl adjacent to an activating group) is 1. The molecule has 3 amide bonds. The van der Waals surface area contributed by atoms with E-state index in [2.05, 4.69) is 15.5 Å². The number of nitrogens with zero attached hydrogens (tertiary/aromatic N) is 2. The number of carbonyl (C=O) groups is 2. The SMILES string of the molecule is CCc1ccc2c(c1)N(C(=O)NC)C(=O)C2=C(Nc1ccc(OCCN(C)C)cc1)c1ccccc1. The van der Waals surface area contributed by atoms with Crippen LogP contribution in [0.4, 0.5) is 16.2 Å². The van der Waals surface area contributed by atoms with E-state index in [-0.39, 0.29) is 5.91 Å². The average molecular weight is 485 g/mol. The molecule has 1 aliphatic rings. The van der Waals surface area contributed by atoms with Gasteiger partial charge in [-0.3, -0.25) is 4.79 Å². The Morgan fingerprint density at radius 1 is 1.00 bits per heavy atom. The van der Waals surface area contributed by atoms with Crippen LogP contribution >= 0.6 is 0 Å². The van der Waals surface area contributed by atoms with E-state index in [0.29, 0.717) is 23.6 Å². The Morgan fingerprint density at radius 3 is 2.36 bits per heavy atom. The average Bonchev–Trinajstić information content (AvgIpc) is 3.18. The van der Waals surface area contributed by atoms with Crippen LogP contribution in [0.15, 0.2) is 72.8 Å². The van der Waals surface area contributed by atoms with Gasteiger partial charge in [0.25, 0.3) is 5.91 Å². The summed E-state index contributed by atoms with van der Waals surface area (Å²) in [6, 6.07) is 22.7. The summed E-state index contributed by atoms with van der Waals surface area (Å²) in [4.78, 5) is 29.8. The molecule has 0 saturated carbocycles. The van der Waals surface area contributed by atoms with E-state index in [4.69, 9.17) is 4.74 Å². The number of fused-ring (bicyclic) bond motifs is 1. The second-order valence-electron chi connectivity index (χ2n) is 8.82. The Kier molecular flexibility index (Phi) is 7.71. The molecule has 4 rings (SSSR count). The Labute approximate surface area is 212 Å². The van der Waals surface area contributed by atoms with Gasteiger partial charge in [-0.2, -0.15) is 0 Å². The van der Waals surface area contributed by atoms with E-state index < -0.39 is 6.03 Å². The predicted octanol–water partition coefficient (Wildman–Crippen LogP) is 4.86. The second kappa shape index (κ2) is 11.1. The van der Waals surface area contributed by atoms with Gasteiger partial charge in [0.15, 0.2) is 0 Å². The number of nitrogens with one attached hydrogen (secondary N) is 2. The molecule has 1 aliphatic heterocycles. The maximum atomic E-state index is 13.7. The van der Waals surface area contributed by atoms with E-state index in [0.717, 1.165) is 41.1 Å². The van der Waals surface area contributed by atoms with E-state index in [1.54, 1.807) is 0 Å². The lowest BCUT2D eigenvalue weighted by atomic mass is 9.98. The van der Waals surface area contributed by atoms with Crippen LogP contribution in [-0.2, 0) is 11.2 Å². The highest BCUT2D eigenvalue weighted by Crippen LogP contribution is 2.42. The molecule has 0 radical (unpaired) electrons. The van der Waals surface area contributed by atoms with Crippen LogP contribution in [0.1, 0.15) is 23.6 Å². The summed E-state index contributed by atoms with van der Waals surface area (Å²) in [6.07, 6.45) is 0.800. The van der Waals surface area contributed by atoms with Gasteiger partial charge in [-0.15, -0.1) is 0 Å². The summed E-state index contributed by atoms with van der Waals surface area (Å²) in [7, 11) is 5.54. The number of urea groups is 1. The molecule has 0 saturated heterocycles. The zero-order valence-electron chi connectivity index (χ0n) is 21.2. The minimum absolute atomic E-state index is 0.368. The zero-order chi connectivity index (χ0) is 25.7. The van der Waals surface area contributed by atoms with Gasteiger partial charge in [-0.25, -0.2) is 9.69 Å². The monoisotopic (exact) mass is 484 g/mol. The zero-order valence-corrected chi connectivity index (χ0v) is 21.2. The largest absolute Gasteiger partial charge is 0.492 e. The third-order valence-electron chi connectivity index (χ3n) is 6.06. The van der Waals surface area contributed by atoms with E-state index in [1.807, 2.05) is 93.8 Å². The molecule has 0 atom stereocenters. The molecule has 186 valence electrons. The van der Waals surface area contributed by atoms with Gasteiger partial charge in [-0.05, 0) is 62.0 Å². The summed E-state index contributed by atoms with van der Waals surface area (Å²) in [5.41, 5.74) is 5.10. The lowest BCUT2D eigenvalue weighted by Crippen LogP contribution is -2.40. The fourth-order valence-electron chi connectivity index (χ4n) is 4.09. The molecule has 0 aliphatic carbocycles. The van der Waals surface area contributed by atoms with Crippen molar-refractivity contribution in [1.82, 2.24) is 10.2 Å². The number of anilines is 2. The molecule has 2 N–H and O–H groups in total. The van der Waals surface area contributed by atoms with E-state index >= 15 is 0 Å². The molecular formula is C29H32N4O3. The van der Waals surface area contributed by atoms with Crippen molar-refractivity contribution in [3.05, 3.63) is 89.5 Å². The molecule has 1 heterocycles. The van der Waals surface area contributed by atoms with Gasteiger partial charge in [-0.1, -0.05) is 49.4 Å². The fraction of sp³-hybridized carbons (Fsp3) is 0.241. The Morgan fingerprint density at radius 2 is 1.72 bits per heavy atom. The minimum atomic E-state index is -0.462. The first kappa shape index (κ1) is 25.0. The van der Waals surface area contributed by atoms with Gasteiger partial charge in [0.1, 0.15) is 12.4 Å². The van der Waals surface area contributed by atoms with Gasteiger partial charge in [0.2, 0.25) is 0 Å². The second-order valence-corrected chi connectivity index (χ2v) is 8.82. The number of ether oxygens (including phenoxy) is 1. The summed E-state index contributed by atoms with van der Waals surface area (Å²) in [5, 5.41) is 6.05. The summed E-state index contributed by atoms with van der Waals surface area (Å²) < 4.78 is 5.81. The lowest BCUT2D eigenvalue weighted by molar-refractivity contribution is -0.112. The molecular weight excluding hydrogens is 452 g/mol. The Bertz CT molecular complexity index is 1270. The minimum Gasteiger partial charge on any atom is -0.492 e. The standard InChI is InChI=1S/C29H32N4O3/c1-5-20-11-16-24-25(19-20)33(29(35)30-2)28(34)26(24)27(21-9-7-6-8-10-21)31-22-12-14-23(15-13-22)36-18-17-32(3)4/h6-16,19,31H,5,17-18H2,1-4H3,(H,30,35). The topological polar surface area (TPSA) is 73.9 Å². The highest BCUT2D eigenvalue weighted by Gasteiger charge is 2.38. The molecule has 0 aromatic heterocycles. The molecule has 0 unspecified atom stereocenters. The molecule has 7 nitrogen and oxygen atoms in total. The molecule has 0 bridgehead atoms. The van der Waals surface area contributed by atoms with Crippen LogP contribution < -0.4 is 20.3 Å². The number of carbonyl (C=O) groups excluding carboxylic acids is 2. The quantitative estimate of drug-likeness (QED) is 0.447. The lowest BCUT2D eigenvalue weighted by Gasteiger charge is -2.17. The van der Waals surface area contributed by atoms with Gasteiger partial charge in [0, 0.05) is 24.8 Å².